The second-order valence-corrected chi connectivity index (χ2v) is 9.93. The highest BCUT2D eigenvalue weighted by molar-refractivity contribution is 8.01. The van der Waals surface area contributed by atoms with Crippen LogP contribution in [-0.4, -0.2) is 66.5 Å². The zero-order chi connectivity index (χ0) is 17.7. The van der Waals surface area contributed by atoms with Crippen molar-refractivity contribution in [2.75, 3.05) is 30.3 Å². The topological polar surface area (TPSA) is 96.4 Å². The molecule has 1 N–H and O–H groups in total. The molecular formula is C14H21N3O4S3. The van der Waals surface area contributed by atoms with Gasteiger partial charge in [0.25, 0.3) is 0 Å². The molecule has 10 heteroatoms. The van der Waals surface area contributed by atoms with E-state index in [0.717, 1.165) is 10.0 Å². The largest absolute Gasteiger partial charge is 0.351 e. The number of aryl methyl sites for hydroxylation is 1. The number of hydrogen-bond acceptors (Lipinski definition) is 7. The van der Waals surface area contributed by atoms with Gasteiger partial charge in [-0.3, -0.25) is 9.59 Å². The van der Waals surface area contributed by atoms with Crippen LogP contribution in [0.5, 0.6) is 0 Å². The Hall–Kier alpha value is -1.13. The number of hydrogen-bond donors (Lipinski definition) is 1. The standard InChI is InChI=1S/C14H21N3O4S3/c1-3-17(13(19)8-23-14-15-10(2)7-22-14)6-12(18)16-11-4-5-24(20,21)9-11/h7,11H,3-6,8-9H2,1-2H3,(H,16,18). The molecule has 0 aromatic carbocycles. The van der Waals surface area contributed by atoms with E-state index in [2.05, 4.69) is 10.3 Å². The first-order valence-electron chi connectivity index (χ1n) is 7.61. The Labute approximate surface area is 150 Å². The van der Waals surface area contributed by atoms with E-state index in [1.165, 1.54) is 28.0 Å². The first kappa shape index (κ1) is 19.2. The van der Waals surface area contributed by atoms with Crippen molar-refractivity contribution in [3.05, 3.63) is 11.1 Å². The second kappa shape index (κ2) is 8.30. The summed E-state index contributed by atoms with van der Waals surface area (Å²) in [5.74, 6) is -0.130. The minimum Gasteiger partial charge on any atom is -0.351 e. The quantitative estimate of drug-likeness (QED) is 0.687. The monoisotopic (exact) mass is 391 g/mol. The number of aromatic nitrogens is 1. The summed E-state index contributed by atoms with van der Waals surface area (Å²) in [7, 11) is -3.03. The molecule has 1 aliphatic rings. The summed E-state index contributed by atoms with van der Waals surface area (Å²) < 4.78 is 23.6. The van der Waals surface area contributed by atoms with E-state index in [1.807, 2.05) is 19.2 Å². The molecule has 0 bridgehead atoms. The number of likely N-dealkylation sites (N-methyl/N-ethyl adjacent to an activating group) is 1. The molecule has 0 spiro atoms. The summed E-state index contributed by atoms with van der Waals surface area (Å²) in [5.41, 5.74) is 0.924. The summed E-state index contributed by atoms with van der Waals surface area (Å²) in [4.78, 5) is 30.0. The van der Waals surface area contributed by atoms with Crippen molar-refractivity contribution in [3.63, 3.8) is 0 Å². The van der Waals surface area contributed by atoms with Gasteiger partial charge in [-0.1, -0.05) is 11.8 Å². The maximum absolute atomic E-state index is 12.2. The molecule has 1 fully saturated rings. The lowest BCUT2D eigenvalue weighted by atomic mass is 10.2. The van der Waals surface area contributed by atoms with E-state index in [4.69, 9.17) is 0 Å². The third-order valence-corrected chi connectivity index (χ3v) is 7.48. The van der Waals surface area contributed by atoms with Crippen LogP contribution in [0.1, 0.15) is 19.0 Å². The van der Waals surface area contributed by atoms with Crippen LogP contribution in [-0.2, 0) is 19.4 Å². The zero-order valence-corrected chi connectivity index (χ0v) is 16.1. The average Bonchev–Trinajstić information content (AvgIpc) is 3.07. The van der Waals surface area contributed by atoms with Crippen LogP contribution >= 0.6 is 23.1 Å². The lowest BCUT2D eigenvalue weighted by Crippen LogP contribution is -2.45. The van der Waals surface area contributed by atoms with Gasteiger partial charge in [0, 0.05) is 23.7 Å². The molecule has 1 aliphatic heterocycles. The van der Waals surface area contributed by atoms with Crippen LogP contribution in [0.4, 0.5) is 0 Å². The molecule has 2 rings (SSSR count). The molecule has 0 aliphatic carbocycles. The number of carbonyl (C=O) groups excluding carboxylic acids is 2. The number of sulfone groups is 1. The Morgan fingerprint density at radius 2 is 2.25 bits per heavy atom. The molecule has 2 amide bonds. The first-order chi connectivity index (χ1) is 11.3. The van der Waals surface area contributed by atoms with Gasteiger partial charge < -0.3 is 10.2 Å². The number of amides is 2. The molecular weight excluding hydrogens is 370 g/mol. The molecule has 0 radical (unpaired) electrons. The second-order valence-electron chi connectivity index (χ2n) is 5.62. The van der Waals surface area contributed by atoms with Crippen molar-refractivity contribution < 1.29 is 18.0 Å². The van der Waals surface area contributed by atoms with Crippen LogP contribution in [0.3, 0.4) is 0 Å². The summed E-state index contributed by atoms with van der Waals surface area (Å²) in [6.45, 7) is 4.08. The highest BCUT2D eigenvalue weighted by Crippen LogP contribution is 2.22. The molecule has 1 aromatic rings. The average molecular weight is 392 g/mol. The number of nitrogens with one attached hydrogen (secondary N) is 1. The van der Waals surface area contributed by atoms with Crippen LogP contribution in [0.15, 0.2) is 9.72 Å². The van der Waals surface area contributed by atoms with E-state index in [0.29, 0.717) is 13.0 Å². The maximum Gasteiger partial charge on any atom is 0.239 e. The van der Waals surface area contributed by atoms with Crippen LogP contribution in [0.2, 0.25) is 0 Å². The van der Waals surface area contributed by atoms with E-state index in [-0.39, 0.29) is 41.7 Å². The maximum atomic E-state index is 12.2. The SMILES string of the molecule is CCN(CC(=O)NC1CCS(=O)(=O)C1)C(=O)CSc1nc(C)cs1. The molecule has 24 heavy (non-hydrogen) atoms. The lowest BCUT2D eigenvalue weighted by Gasteiger charge is -2.21. The predicted octanol–water partition coefficient (Wildman–Crippen LogP) is 0.695. The van der Waals surface area contributed by atoms with Gasteiger partial charge in [0.15, 0.2) is 14.2 Å². The lowest BCUT2D eigenvalue weighted by molar-refractivity contribution is -0.134. The molecule has 2 heterocycles. The summed E-state index contributed by atoms with van der Waals surface area (Å²) in [6, 6.07) is -0.344. The smallest absolute Gasteiger partial charge is 0.239 e. The van der Waals surface area contributed by atoms with Crippen molar-refractivity contribution in [2.24, 2.45) is 0 Å². The van der Waals surface area contributed by atoms with Gasteiger partial charge in [0.1, 0.15) is 0 Å². The van der Waals surface area contributed by atoms with Gasteiger partial charge in [-0.2, -0.15) is 0 Å². The van der Waals surface area contributed by atoms with Gasteiger partial charge in [-0.15, -0.1) is 11.3 Å². The third-order valence-electron chi connectivity index (χ3n) is 3.58. The van der Waals surface area contributed by atoms with Crippen molar-refractivity contribution in [3.8, 4) is 0 Å². The zero-order valence-electron chi connectivity index (χ0n) is 13.6. The number of thioether (sulfide) groups is 1. The Morgan fingerprint density at radius 1 is 1.50 bits per heavy atom. The summed E-state index contributed by atoms with van der Waals surface area (Å²) >= 11 is 2.85. The van der Waals surface area contributed by atoms with Crippen molar-refractivity contribution >= 4 is 44.8 Å². The van der Waals surface area contributed by atoms with E-state index in [9.17, 15) is 18.0 Å². The minimum absolute atomic E-state index is 0.0158. The number of nitrogens with zero attached hydrogens (tertiary/aromatic N) is 2. The highest BCUT2D eigenvalue weighted by atomic mass is 32.2. The summed E-state index contributed by atoms with van der Waals surface area (Å²) in [5, 5.41) is 4.63. The first-order valence-corrected chi connectivity index (χ1v) is 11.3. The normalized spacial score (nSPS) is 19.2. The van der Waals surface area contributed by atoms with Gasteiger partial charge in [0.2, 0.25) is 11.8 Å². The Kier molecular flexibility index (Phi) is 6.64. The van der Waals surface area contributed by atoms with Crippen LogP contribution in [0, 0.1) is 6.92 Å². The van der Waals surface area contributed by atoms with Crippen molar-refractivity contribution in [2.45, 2.75) is 30.6 Å². The van der Waals surface area contributed by atoms with E-state index in [1.54, 1.807) is 0 Å². The fraction of sp³-hybridized carbons (Fsp3) is 0.643. The fourth-order valence-corrected chi connectivity index (χ4v) is 5.77. The molecule has 1 unspecified atom stereocenters. The molecule has 1 aromatic heterocycles. The number of thiazole rings is 1. The fourth-order valence-electron chi connectivity index (χ4n) is 2.35. The molecule has 0 saturated carbocycles. The number of carbonyl (C=O) groups is 2. The van der Waals surface area contributed by atoms with Crippen molar-refractivity contribution in [1.82, 2.24) is 15.2 Å². The van der Waals surface area contributed by atoms with E-state index < -0.39 is 9.84 Å². The Balaban J connectivity index is 1.79. The summed E-state index contributed by atoms with van der Waals surface area (Å²) in [6.07, 6.45) is 0.438. The van der Waals surface area contributed by atoms with E-state index >= 15 is 0 Å². The van der Waals surface area contributed by atoms with Gasteiger partial charge in [0.05, 0.1) is 23.8 Å². The Morgan fingerprint density at radius 3 is 2.79 bits per heavy atom. The predicted molar refractivity (Wildman–Crippen MR) is 95.0 cm³/mol. The molecule has 1 saturated heterocycles. The number of rotatable bonds is 7. The minimum atomic E-state index is -3.03. The van der Waals surface area contributed by atoms with Crippen LogP contribution < -0.4 is 5.32 Å². The molecule has 1 atom stereocenters. The Bertz CT molecular complexity index is 702. The van der Waals surface area contributed by atoms with Gasteiger partial charge in [-0.25, -0.2) is 13.4 Å². The van der Waals surface area contributed by atoms with Gasteiger partial charge >= 0.3 is 0 Å². The van der Waals surface area contributed by atoms with Gasteiger partial charge in [-0.05, 0) is 20.3 Å². The molecule has 134 valence electrons. The van der Waals surface area contributed by atoms with Crippen LogP contribution in [0.25, 0.3) is 0 Å². The third kappa shape index (κ3) is 5.75. The highest BCUT2D eigenvalue weighted by Gasteiger charge is 2.29. The van der Waals surface area contributed by atoms with Crippen molar-refractivity contribution in [1.29, 1.82) is 0 Å². The molecule has 7 nitrogen and oxygen atoms in total.